The van der Waals surface area contributed by atoms with Crippen LogP contribution < -0.4 is 5.32 Å². The molecule has 1 N–H and O–H groups in total. The number of pyridine rings is 1. The van der Waals surface area contributed by atoms with Crippen molar-refractivity contribution in [2.75, 3.05) is 5.32 Å². The largest absolute Gasteiger partial charge is 0.319 e. The first-order chi connectivity index (χ1) is 9.88. The molecule has 0 atom stereocenters. The fraction of sp³-hybridized carbons (Fsp3) is 0. The summed E-state index contributed by atoms with van der Waals surface area (Å²) < 4.78 is 26.7. The first-order valence-electron chi connectivity index (χ1n) is 5.45. The van der Waals surface area contributed by atoms with E-state index >= 15 is 0 Å². The van der Waals surface area contributed by atoms with E-state index < -0.39 is 33.8 Å². The number of rotatable bonds is 3. The average molecular weight is 314 g/mol. The molecule has 1 aromatic heterocycles. The highest BCUT2D eigenvalue weighted by Crippen LogP contribution is 2.25. The van der Waals surface area contributed by atoms with Gasteiger partial charge in [0, 0.05) is 18.3 Å². The molecule has 0 aliphatic rings. The van der Waals surface area contributed by atoms with E-state index in [2.05, 4.69) is 10.3 Å². The topological polar surface area (TPSA) is 85.1 Å². The summed E-state index contributed by atoms with van der Waals surface area (Å²) in [6.45, 7) is 0. The van der Waals surface area contributed by atoms with Gasteiger partial charge >= 0.3 is 5.69 Å². The van der Waals surface area contributed by atoms with Gasteiger partial charge in [-0.15, -0.1) is 0 Å². The van der Waals surface area contributed by atoms with E-state index in [4.69, 9.17) is 11.6 Å². The summed E-state index contributed by atoms with van der Waals surface area (Å²) in [4.78, 5) is 25.1. The van der Waals surface area contributed by atoms with Gasteiger partial charge in [0.1, 0.15) is 11.0 Å². The number of nitrogens with zero attached hydrogens (tertiary/aromatic N) is 2. The van der Waals surface area contributed by atoms with E-state index in [1.54, 1.807) is 0 Å². The molecule has 0 spiro atoms. The van der Waals surface area contributed by atoms with Crippen LogP contribution >= 0.6 is 11.6 Å². The van der Waals surface area contributed by atoms with Gasteiger partial charge in [0.2, 0.25) is 5.82 Å². The lowest BCUT2D eigenvalue weighted by molar-refractivity contribution is -0.387. The molecule has 108 valence electrons. The van der Waals surface area contributed by atoms with Gasteiger partial charge in [-0.1, -0.05) is 11.6 Å². The molecule has 0 fully saturated rings. The molecule has 0 unspecified atom stereocenters. The van der Waals surface area contributed by atoms with Crippen molar-refractivity contribution in [3.63, 3.8) is 0 Å². The Bertz CT molecular complexity index is 722. The molecule has 2 rings (SSSR count). The number of anilines is 1. The zero-order valence-electron chi connectivity index (χ0n) is 10.1. The molecule has 0 saturated carbocycles. The molecule has 0 aliphatic heterocycles. The van der Waals surface area contributed by atoms with Gasteiger partial charge in [-0.25, -0.2) is 9.37 Å². The van der Waals surface area contributed by atoms with Crippen molar-refractivity contribution in [2.45, 2.75) is 0 Å². The third-order valence-corrected chi connectivity index (χ3v) is 2.69. The quantitative estimate of drug-likeness (QED) is 0.536. The number of aromatic nitrogens is 1. The van der Waals surface area contributed by atoms with Crippen molar-refractivity contribution < 1.29 is 18.5 Å². The number of hydrogen-bond acceptors (Lipinski definition) is 4. The second-order valence-corrected chi connectivity index (χ2v) is 4.25. The summed E-state index contributed by atoms with van der Waals surface area (Å²) in [7, 11) is 0. The smallest absolute Gasteiger partial charge is 0.307 e. The Balaban J connectivity index is 2.30. The zero-order valence-corrected chi connectivity index (χ0v) is 10.9. The molecule has 9 heteroatoms. The van der Waals surface area contributed by atoms with Gasteiger partial charge in [0.05, 0.1) is 16.2 Å². The molecular weight excluding hydrogens is 308 g/mol. The summed E-state index contributed by atoms with van der Waals surface area (Å²) in [5.74, 6) is -3.23. The van der Waals surface area contributed by atoms with E-state index in [0.29, 0.717) is 12.1 Å². The van der Waals surface area contributed by atoms with Crippen LogP contribution in [0.1, 0.15) is 10.4 Å². The third-order valence-electron chi connectivity index (χ3n) is 2.47. The summed E-state index contributed by atoms with van der Waals surface area (Å²) in [5.41, 5.74) is -1.39. The Morgan fingerprint density at radius 3 is 2.57 bits per heavy atom. The minimum atomic E-state index is -1.33. The molecule has 21 heavy (non-hydrogen) atoms. The van der Waals surface area contributed by atoms with Crippen molar-refractivity contribution in [1.82, 2.24) is 4.98 Å². The Labute approximate surface area is 121 Å². The Morgan fingerprint density at radius 1 is 1.29 bits per heavy atom. The van der Waals surface area contributed by atoms with Crippen molar-refractivity contribution in [2.24, 2.45) is 0 Å². The highest BCUT2D eigenvalue weighted by atomic mass is 35.5. The predicted molar refractivity (Wildman–Crippen MR) is 70.2 cm³/mol. The van der Waals surface area contributed by atoms with Crippen LogP contribution in [0.5, 0.6) is 0 Å². The second-order valence-electron chi connectivity index (χ2n) is 3.86. The molecule has 2 aromatic rings. The number of nitro benzene ring substituents is 1. The number of benzene rings is 1. The number of hydrogen-bond donors (Lipinski definition) is 1. The van der Waals surface area contributed by atoms with E-state index in [1.807, 2.05) is 0 Å². The first kappa shape index (κ1) is 14.8. The summed E-state index contributed by atoms with van der Waals surface area (Å²) in [5, 5.41) is 12.8. The van der Waals surface area contributed by atoms with Crippen molar-refractivity contribution in [3.05, 3.63) is 62.9 Å². The van der Waals surface area contributed by atoms with Crippen LogP contribution in [0.15, 0.2) is 30.5 Å². The number of carbonyl (C=O) groups is 1. The predicted octanol–water partition coefficient (Wildman–Crippen LogP) is 3.17. The summed E-state index contributed by atoms with van der Waals surface area (Å²) in [6, 6.07) is 3.61. The lowest BCUT2D eigenvalue weighted by atomic mass is 10.2. The molecule has 0 saturated heterocycles. The van der Waals surface area contributed by atoms with Gasteiger partial charge in [-0.2, -0.15) is 4.39 Å². The Kier molecular flexibility index (Phi) is 4.08. The SMILES string of the molecule is O=C(Nc1cc([N+](=O)[O-])c(F)cc1F)c1ccc(Cl)nc1. The lowest BCUT2D eigenvalue weighted by Crippen LogP contribution is -2.13. The van der Waals surface area contributed by atoms with Crippen LogP contribution in [-0.4, -0.2) is 15.8 Å². The second kappa shape index (κ2) is 5.80. The standard InChI is InChI=1S/C12H6ClF2N3O3/c13-11-2-1-6(5-16-11)12(19)17-9-4-10(18(20)21)8(15)3-7(9)14/h1-5H,(H,17,19). The average Bonchev–Trinajstić information content (AvgIpc) is 2.42. The molecule has 1 heterocycles. The van der Waals surface area contributed by atoms with E-state index in [0.717, 1.165) is 6.20 Å². The van der Waals surface area contributed by atoms with E-state index in [9.17, 15) is 23.7 Å². The number of nitrogens with one attached hydrogen (secondary N) is 1. The van der Waals surface area contributed by atoms with Crippen LogP contribution in [0.4, 0.5) is 20.2 Å². The molecule has 6 nitrogen and oxygen atoms in total. The Morgan fingerprint density at radius 2 is 2.00 bits per heavy atom. The van der Waals surface area contributed by atoms with Gasteiger partial charge in [0.25, 0.3) is 5.91 Å². The van der Waals surface area contributed by atoms with Crippen LogP contribution in [0, 0.1) is 21.7 Å². The minimum absolute atomic E-state index is 0.0609. The van der Waals surface area contributed by atoms with Gasteiger partial charge in [-0.05, 0) is 12.1 Å². The van der Waals surface area contributed by atoms with Crippen LogP contribution in [0.2, 0.25) is 5.15 Å². The molecule has 0 bridgehead atoms. The molecule has 1 aromatic carbocycles. The lowest BCUT2D eigenvalue weighted by Gasteiger charge is -2.06. The minimum Gasteiger partial charge on any atom is -0.319 e. The number of halogens is 3. The van der Waals surface area contributed by atoms with E-state index in [-0.39, 0.29) is 10.7 Å². The monoisotopic (exact) mass is 313 g/mol. The maximum absolute atomic E-state index is 13.5. The number of carbonyl (C=O) groups excluding carboxylic acids is 1. The van der Waals surface area contributed by atoms with Gasteiger partial charge in [0.15, 0.2) is 0 Å². The molecule has 1 amide bonds. The van der Waals surface area contributed by atoms with E-state index in [1.165, 1.54) is 12.1 Å². The molecular formula is C12H6ClF2N3O3. The number of amides is 1. The maximum Gasteiger partial charge on any atom is 0.307 e. The maximum atomic E-state index is 13.5. The fourth-order valence-corrected chi connectivity index (χ4v) is 1.59. The Hall–Kier alpha value is -2.61. The van der Waals surface area contributed by atoms with Crippen molar-refractivity contribution >= 4 is 28.9 Å². The molecule has 0 aliphatic carbocycles. The zero-order chi connectivity index (χ0) is 15.6. The third kappa shape index (κ3) is 3.29. The highest BCUT2D eigenvalue weighted by molar-refractivity contribution is 6.29. The highest BCUT2D eigenvalue weighted by Gasteiger charge is 2.20. The van der Waals surface area contributed by atoms with Crippen molar-refractivity contribution in [1.29, 1.82) is 0 Å². The van der Waals surface area contributed by atoms with Crippen LogP contribution in [0.3, 0.4) is 0 Å². The normalized spacial score (nSPS) is 10.2. The number of nitro groups is 1. The van der Waals surface area contributed by atoms with Crippen LogP contribution in [-0.2, 0) is 0 Å². The van der Waals surface area contributed by atoms with Gasteiger partial charge < -0.3 is 5.32 Å². The first-order valence-corrected chi connectivity index (χ1v) is 5.82. The molecule has 0 radical (unpaired) electrons. The van der Waals surface area contributed by atoms with Gasteiger partial charge in [-0.3, -0.25) is 14.9 Å². The van der Waals surface area contributed by atoms with Crippen LogP contribution in [0.25, 0.3) is 0 Å². The van der Waals surface area contributed by atoms with Crippen molar-refractivity contribution in [3.8, 4) is 0 Å². The summed E-state index contributed by atoms with van der Waals surface area (Å²) in [6.07, 6.45) is 1.15. The fourth-order valence-electron chi connectivity index (χ4n) is 1.48. The summed E-state index contributed by atoms with van der Waals surface area (Å²) >= 11 is 5.56.